The Morgan fingerprint density at radius 2 is 1.62 bits per heavy atom. The van der Waals surface area contributed by atoms with Crippen molar-refractivity contribution in [3.63, 3.8) is 0 Å². The summed E-state index contributed by atoms with van der Waals surface area (Å²) >= 11 is 0. The standard InChI is InChI=1S/C21H18NO.BrH/c1-16-7-8-20-19(13-16)14-21(23-20)18-9-11-22(12-10-18)15-17-5-3-2-4-6-17;/h2-14H,15H2,1H3;1H/q+1;/p-1. The predicted octanol–water partition coefficient (Wildman–Crippen LogP) is 1.75. The van der Waals surface area contributed by atoms with Gasteiger partial charge in [0.15, 0.2) is 18.9 Å². The summed E-state index contributed by atoms with van der Waals surface area (Å²) < 4.78 is 8.13. The van der Waals surface area contributed by atoms with E-state index in [0.29, 0.717) is 0 Å². The molecule has 3 heteroatoms. The van der Waals surface area contributed by atoms with E-state index in [1.807, 2.05) is 12.1 Å². The van der Waals surface area contributed by atoms with E-state index >= 15 is 0 Å². The van der Waals surface area contributed by atoms with Crippen molar-refractivity contribution in [1.29, 1.82) is 0 Å². The van der Waals surface area contributed by atoms with Gasteiger partial charge >= 0.3 is 0 Å². The summed E-state index contributed by atoms with van der Waals surface area (Å²) in [7, 11) is 0. The minimum absolute atomic E-state index is 0. The smallest absolute Gasteiger partial charge is 0.173 e. The Balaban J connectivity index is 0.00000169. The van der Waals surface area contributed by atoms with E-state index in [2.05, 4.69) is 78.5 Å². The summed E-state index contributed by atoms with van der Waals surface area (Å²) in [6.45, 7) is 2.97. The lowest BCUT2D eigenvalue weighted by molar-refractivity contribution is -0.688. The monoisotopic (exact) mass is 379 g/mol. The number of pyridine rings is 1. The van der Waals surface area contributed by atoms with E-state index in [1.54, 1.807) is 0 Å². The van der Waals surface area contributed by atoms with Gasteiger partial charge < -0.3 is 21.4 Å². The molecular formula is C21H18BrNO. The van der Waals surface area contributed by atoms with Crippen LogP contribution in [0.15, 0.2) is 83.5 Å². The van der Waals surface area contributed by atoms with E-state index in [0.717, 1.165) is 28.8 Å². The van der Waals surface area contributed by atoms with Gasteiger partial charge in [-0.05, 0) is 25.1 Å². The minimum atomic E-state index is 0. The summed E-state index contributed by atoms with van der Waals surface area (Å²) in [5, 5.41) is 1.15. The highest BCUT2D eigenvalue weighted by molar-refractivity contribution is 5.83. The van der Waals surface area contributed by atoms with Gasteiger partial charge in [-0.15, -0.1) is 0 Å². The average molecular weight is 380 g/mol. The quantitative estimate of drug-likeness (QED) is 0.495. The van der Waals surface area contributed by atoms with Crippen LogP contribution >= 0.6 is 0 Å². The van der Waals surface area contributed by atoms with Crippen molar-refractivity contribution in [3.8, 4) is 11.3 Å². The maximum atomic E-state index is 5.96. The Morgan fingerprint density at radius 1 is 0.875 bits per heavy atom. The highest BCUT2D eigenvalue weighted by Crippen LogP contribution is 2.27. The lowest BCUT2D eigenvalue weighted by Gasteiger charge is -1.99. The van der Waals surface area contributed by atoms with Gasteiger partial charge in [0.1, 0.15) is 11.3 Å². The third-order valence-corrected chi connectivity index (χ3v) is 4.06. The summed E-state index contributed by atoms with van der Waals surface area (Å²) in [5.74, 6) is 0.914. The van der Waals surface area contributed by atoms with Gasteiger partial charge in [-0.3, -0.25) is 0 Å². The van der Waals surface area contributed by atoms with E-state index in [9.17, 15) is 0 Å². The molecule has 0 amide bonds. The Hall–Kier alpha value is -2.39. The van der Waals surface area contributed by atoms with Gasteiger partial charge in [-0.25, -0.2) is 4.57 Å². The fourth-order valence-electron chi connectivity index (χ4n) is 2.83. The third-order valence-electron chi connectivity index (χ3n) is 4.06. The van der Waals surface area contributed by atoms with Crippen LogP contribution in [0.4, 0.5) is 0 Å². The maximum Gasteiger partial charge on any atom is 0.173 e. The normalized spacial score (nSPS) is 10.5. The number of rotatable bonds is 3. The van der Waals surface area contributed by atoms with E-state index in [-0.39, 0.29) is 17.0 Å². The Labute approximate surface area is 152 Å². The van der Waals surface area contributed by atoms with Gasteiger partial charge in [0.05, 0.1) is 0 Å². The van der Waals surface area contributed by atoms with Gasteiger partial charge in [-0.2, -0.15) is 0 Å². The van der Waals surface area contributed by atoms with Crippen LogP contribution in [0, 0.1) is 6.92 Å². The Morgan fingerprint density at radius 3 is 2.38 bits per heavy atom. The zero-order valence-electron chi connectivity index (χ0n) is 13.4. The third kappa shape index (κ3) is 3.41. The lowest BCUT2D eigenvalue weighted by atomic mass is 10.1. The number of benzene rings is 2. The number of fused-ring (bicyclic) bond motifs is 1. The first-order valence-corrected chi connectivity index (χ1v) is 7.81. The number of nitrogens with zero attached hydrogens (tertiary/aromatic N) is 1. The zero-order valence-corrected chi connectivity index (χ0v) is 15.0. The zero-order chi connectivity index (χ0) is 15.6. The molecule has 0 aliphatic carbocycles. The van der Waals surface area contributed by atoms with Crippen molar-refractivity contribution in [2.75, 3.05) is 0 Å². The summed E-state index contributed by atoms with van der Waals surface area (Å²) in [4.78, 5) is 0. The molecule has 24 heavy (non-hydrogen) atoms. The van der Waals surface area contributed by atoms with Crippen molar-refractivity contribution in [2.24, 2.45) is 0 Å². The number of aryl methyl sites for hydroxylation is 1. The molecule has 0 saturated heterocycles. The van der Waals surface area contributed by atoms with Crippen molar-refractivity contribution in [1.82, 2.24) is 0 Å². The average Bonchev–Trinajstić information content (AvgIpc) is 2.99. The van der Waals surface area contributed by atoms with Gasteiger partial charge in [0.2, 0.25) is 0 Å². The number of hydrogen-bond donors (Lipinski definition) is 0. The molecule has 120 valence electrons. The first kappa shape index (κ1) is 16.5. The van der Waals surface area contributed by atoms with Crippen LogP contribution in [-0.4, -0.2) is 0 Å². The summed E-state index contributed by atoms with van der Waals surface area (Å²) in [6.07, 6.45) is 4.20. The molecule has 0 saturated carbocycles. The Bertz CT molecular complexity index is 943. The van der Waals surface area contributed by atoms with Crippen LogP contribution in [0.25, 0.3) is 22.3 Å². The van der Waals surface area contributed by atoms with Crippen LogP contribution < -0.4 is 21.5 Å². The largest absolute Gasteiger partial charge is 1.00 e. The number of furan rings is 1. The molecule has 2 heterocycles. The molecule has 2 aromatic heterocycles. The molecule has 2 aromatic carbocycles. The lowest BCUT2D eigenvalue weighted by Crippen LogP contribution is -3.00. The summed E-state index contributed by atoms with van der Waals surface area (Å²) in [5.41, 5.74) is 4.58. The van der Waals surface area contributed by atoms with Gasteiger partial charge in [0.25, 0.3) is 0 Å². The highest BCUT2D eigenvalue weighted by Gasteiger charge is 2.09. The topological polar surface area (TPSA) is 17.0 Å². The molecule has 2 nitrogen and oxygen atoms in total. The highest BCUT2D eigenvalue weighted by atomic mass is 79.9. The van der Waals surface area contributed by atoms with Crippen LogP contribution in [-0.2, 0) is 6.54 Å². The minimum Gasteiger partial charge on any atom is -1.00 e. The molecule has 0 fully saturated rings. The van der Waals surface area contributed by atoms with Crippen molar-refractivity contribution < 1.29 is 26.0 Å². The second kappa shape index (κ2) is 7.02. The van der Waals surface area contributed by atoms with Crippen molar-refractivity contribution in [2.45, 2.75) is 13.5 Å². The Kier molecular flexibility index (Phi) is 4.81. The second-order valence-corrected chi connectivity index (χ2v) is 5.90. The number of halogens is 1. The van der Waals surface area contributed by atoms with E-state index in [1.165, 1.54) is 11.1 Å². The van der Waals surface area contributed by atoms with Crippen LogP contribution in [0.3, 0.4) is 0 Å². The second-order valence-electron chi connectivity index (χ2n) is 5.90. The van der Waals surface area contributed by atoms with Crippen molar-refractivity contribution >= 4 is 11.0 Å². The molecule has 0 atom stereocenters. The first-order chi connectivity index (χ1) is 11.3. The van der Waals surface area contributed by atoms with Gasteiger partial charge in [-0.1, -0.05) is 42.0 Å². The number of aromatic nitrogens is 1. The predicted molar refractivity (Wildman–Crippen MR) is 92.1 cm³/mol. The molecule has 0 unspecified atom stereocenters. The molecule has 0 aliphatic heterocycles. The fraction of sp³-hybridized carbons (Fsp3) is 0.0952. The summed E-state index contributed by atoms with van der Waals surface area (Å²) in [6, 6.07) is 23.1. The maximum absolute atomic E-state index is 5.96. The fourth-order valence-corrected chi connectivity index (χ4v) is 2.83. The molecule has 4 rings (SSSR count). The van der Waals surface area contributed by atoms with E-state index in [4.69, 9.17) is 4.42 Å². The molecule has 0 radical (unpaired) electrons. The number of hydrogen-bond acceptors (Lipinski definition) is 1. The molecular weight excluding hydrogens is 362 g/mol. The molecule has 4 aromatic rings. The van der Waals surface area contributed by atoms with Crippen LogP contribution in [0.1, 0.15) is 11.1 Å². The molecule has 0 bridgehead atoms. The van der Waals surface area contributed by atoms with Crippen LogP contribution in [0.5, 0.6) is 0 Å². The van der Waals surface area contributed by atoms with E-state index < -0.39 is 0 Å². The SMILES string of the molecule is Cc1ccc2oc(-c3cc[n+](Cc4ccccc4)cc3)cc2c1.[Br-]. The molecule has 0 spiro atoms. The molecule has 0 aliphatic rings. The molecule has 0 N–H and O–H groups in total. The van der Waals surface area contributed by atoms with Crippen molar-refractivity contribution in [3.05, 3.63) is 90.3 Å². The van der Waals surface area contributed by atoms with Gasteiger partial charge in [0, 0.05) is 28.6 Å². The van der Waals surface area contributed by atoms with Crippen LogP contribution in [0.2, 0.25) is 0 Å². The first-order valence-electron chi connectivity index (χ1n) is 7.81.